The molecule has 0 amide bonds. The molecular weight excluding hydrogens is 220 g/mol. The average molecular weight is 232 g/mol. The molecule has 0 aliphatic carbocycles. The van der Waals surface area contributed by atoms with Crippen LogP contribution in [0.25, 0.3) is 21.9 Å². The molecule has 0 atom stereocenters. The number of hydrogen-bond donors (Lipinski definition) is 0. The lowest BCUT2D eigenvalue weighted by Gasteiger charge is -2.07. The van der Waals surface area contributed by atoms with Crippen LogP contribution in [0.3, 0.4) is 0 Å². The average Bonchev–Trinajstić information content (AvgIpc) is 2.47. The van der Waals surface area contributed by atoms with Gasteiger partial charge in [-0.25, -0.2) is 0 Å². The molecule has 3 aromatic rings. The Bertz CT molecular complexity index is 699. The van der Waals surface area contributed by atoms with Gasteiger partial charge < -0.3 is 0 Å². The van der Waals surface area contributed by atoms with Crippen molar-refractivity contribution >= 4 is 17.1 Å². The van der Waals surface area contributed by atoms with Crippen LogP contribution in [-0.4, -0.2) is 6.29 Å². The number of rotatable bonds is 2. The van der Waals surface area contributed by atoms with Crippen LogP contribution in [0.2, 0.25) is 0 Å². The standard InChI is InChI=1S/C17H12O/c18-12-13-9-10-15-7-4-8-16(17(15)11-13)14-5-2-1-3-6-14/h1-12H. The highest BCUT2D eigenvalue weighted by molar-refractivity contribution is 5.99. The molecule has 0 saturated heterocycles. The van der Waals surface area contributed by atoms with Crippen LogP contribution >= 0.6 is 0 Å². The molecule has 0 spiro atoms. The second kappa shape index (κ2) is 4.46. The third kappa shape index (κ3) is 1.80. The van der Waals surface area contributed by atoms with Gasteiger partial charge in [0.1, 0.15) is 6.29 Å². The van der Waals surface area contributed by atoms with E-state index in [1.165, 1.54) is 5.56 Å². The van der Waals surface area contributed by atoms with E-state index in [0.717, 1.165) is 22.6 Å². The van der Waals surface area contributed by atoms with Crippen molar-refractivity contribution in [3.8, 4) is 11.1 Å². The van der Waals surface area contributed by atoms with Gasteiger partial charge in [0, 0.05) is 5.56 Å². The van der Waals surface area contributed by atoms with Crippen molar-refractivity contribution in [3.63, 3.8) is 0 Å². The van der Waals surface area contributed by atoms with E-state index in [9.17, 15) is 4.79 Å². The van der Waals surface area contributed by atoms with Crippen LogP contribution in [0, 0.1) is 0 Å². The van der Waals surface area contributed by atoms with Crippen LogP contribution in [0.1, 0.15) is 10.4 Å². The zero-order valence-corrected chi connectivity index (χ0v) is 9.84. The quantitative estimate of drug-likeness (QED) is 0.601. The van der Waals surface area contributed by atoms with Gasteiger partial charge in [-0.3, -0.25) is 4.79 Å². The number of fused-ring (bicyclic) bond motifs is 1. The van der Waals surface area contributed by atoms with Crippen molar-refractivity contribution < 1.29 is 4.79 Å². The SMILES string of the molecule is O=Cc1ccc2cccc(-c3ccccc3)c2c1. The Kier molecular flexibility index (Phi) is 2.66. The third-order valence-electron chi connectivity index (χ3n) is 3.13. The summed E-state index contributed by atoms with van der Waals surface area (Å²) < 4.78 is 0. The summed E-state index contributed by atoms with van der Waals surface area (Å²) in [5, 5.41) is 2.27. The highest BCUT2D eigenvalue weighted by Gasteiger charge is 2.03. The van der Waals surface area contributed by atoms with Crippen LogP contribution < -0.4 is 0 Å². The van der Waals surface area contributed by atoms with E-state index >= 15 is 0 Å². The Morgan fingerprint density at radius 3 is 2.39 bits per heavy atom. The number of aldehydes is 1. The Balaban J connectivity index is 2.32. The van der Waals surface area contributed by atoms with Crippen LogP contribution in [0.4, 0.5) is 0 Å². The van der Waals surface area contributed by atoms with Crippen molar-refractivity contribution in [1.82, 2.24) is 0 Å². The lowest BCUT2D eigenvalue weighted by molar-refractivity contribution is 0.112. The molecule has 0 N–H and O–H groups in total. The van der Waals surface area contributed by atoms with Gasteiger partial charge in [0.15, 0.2) is 0 Å². The summed E-state index contributed by atoms with van der Waals surface area (Å²) in [7, 11) is 0. The summed E-state index contributed by atoms with van der Waals surface area (Å²) in [5.74, 6) is 0. The van der Waals surface area contributed by atoms with Gasteiger partial charge in [-0.15, -0.1) is 0 Å². The smallest absolute Gasteiger partial charge is 0.150 e. The van der Waals surface area contributed by atoms with E-state index in [-0.39, 0.29) is 0 Å². The number of carbonyl (C=O) groups is 1. The molecule has 0 heterocycles. The molecule has 0 radical (unpaired) electrons. The molecule has 0 unspecified atom stereocenters. The molecule has 0 aliphatic heterocycles. The minimum Gasteiger partial charge on any atom is -0.298 e. The normalized spacial score (nSPS) is 10.4. The van der Waals surface area contributed by atoms with Gasteiger partial charge in [0.2, 0.25) is 0 Å². The van der Waals surface area contributed by atoms with E-state index in [1.54, 1.807) is 0 Å². The molecule has 18 heavy (non-hydrogen) atoms. The zero-order valence-electron chi connectivity index (χ0n) is 9.84. The molecule has 0 aliphatic rings. The summed E-state index contributed by atoms with van der Waals surface area (Å²) in [5.41, 5.74) is 3.05. The van der Waals surface area contributed by atoms with Crippen LogP contribution in [0.5, 0.6) is 0 Å². The largest absolute Gasteiger partial charge is 0.298 e. The number of carbonyl (C=O) groups excluding carboxylic acids is 1. The van der Waals surface area contributed by atoms with Crippen LogP contribution in [0.15, 0.2) is 66.7 Å². The molecule has 0 aromatic heterocycles. The van der Waals surface area contributed by atoms with E-state index < -0.39 is 0 Å². The Labute approximate surface area is 106 Å². The van der Waals surface area contributed by atoms with Gasteiger partial charge in [0.05, 0.1) is 0 Å². The molecule has 0 bridgehead atoms. The fraction of sp³-hybridized carbons (Fsp3) is 0. The van der Waals surface area contributed by atoms with Crippen molar-refractivity contribution in [2.75, 3.05) is 0 Å². The fourth-order valence-corrected chi connectivity index (χ4v) is 2.23. The molecular formula is C17H12O. The van der Waals surface area contributed by atoms with E-state index in [4.69, 9.17) is 0 Å². The van der Waals surface area contributed by atoms with Gasteiger partial charge in [0.25, 0.3) is 0 Å². The monoisotopic (exact) mass is 232 g/mol. The maximum absolute atomic E-state index is 10.9. The topological polar surface area (TPSA) is 17.1 Å². The Hall–Kier alpha value is -2.41. The van der Waals surface area contributed by atoms with Gasteiger partial charge in [-0.05, 0) is 28.0 Å². The molecule has 0 saturated carbocycles. The van der Waals surface area contributed by atoms with E-state index in [0.29, 0.717) is 5.56 Å². The predicted molar refractivity (Wildman–Crippen MR) is 74.8 cm³/mol. The molecule has 0 fully saturated rings. The first kappa shape index (κ1) is 10.7. The first-order valence-corrected chi connectivity index (χ1v) is 5.92. The molecule has 3 aromatic carbocycles. The van der Waals surface area contributed by atoms with Crippen LogP contribution in [-0.2, 0) is 0 Å². The highest BCUT2D eigenvalue weighted by atomic mass is 16.1. The highest BCUT2D eigenvalue weighted by Crippen LogP contribution is 2.28. The second-order valence-corrected chi connectivity index (χ2v) is 4.27. The maximum atomic E-state index is 10.9. The molecule has 3 rings (SSSR count). The predicted octanol–water partition coefficient (Wildman–Crippen LogP) is 4.32. The second-order valence-electron chi connectivity index (χ2n) is 4.27. The zero-order chi connectivity index (χ0) is 12.4. The first-order chi connectivity index (χ1) is 8.88. The Morgan fingerprint density at radius 2 is 1.61 bits per heavy atom. The van der Waals surface area contributed by atoms with E-state index in [1.807, 2.05) is 42.5 Å². The minimum absolute atomic E-state index is 0.714. The van der Waals surface area contributed by atoms with Gasteiger partial charge in [-0.1, -0.05) is 60.7 Å². The summed E-state index contributed by atoms with van der Waals surface area (Å²) in [4.78, 5) is 10.9. The molecule has 1 heteroatoms. The summed E-state index contributed by atoms with van der Waals surface area (Å²) in [6.45, 7) is 0. The third-order valence-corrected chi connectivity index (χ3v) is 3.13. The molecule has 86 valence electrons. The van der Waals surface area contributed by atoms with Crippen molar-refractivity contribution in [2.24, 2.45) is 0 Å². The number of hydrogen-bond acceptors (Lipinski definition) is 1. The van der Waals surface area contributed by atoms with Gasteiger partial charge >= 0.3 is 0 Å². The lowest BCUT2D eigenvalue weighted by Crippen LogP contribution is -1.84. The lowest BCUT2D eigenvalue weighted by atomic mass is 9.97. The van der Waals surface area contributed by atoms with E-state index in [2.05, 4.69) is 24.3 Å². The first-order valence-electron chi connectivity index (χ1n) is 5.92. The summed E-state index contributed by atoms with van der Waals surface area (Å²) in [6, 6.07) is 22.2. The van der Waals surface area contributed by atoms with Gasteiger partial charge in [-0.2, -0.15) is 0 Å². The van der Waals surface area contributed by atoms with Crippen molar-refractivity contribution in [3.05, 3.63) is 72.3 Å². The Morgan fingerprint density at radius 1 is 0.778 bits per heavy atom. The summed E-state index contributed by atoms with van der Waals surface area (Å²) >= 11 is 0. The fourth-order valence-electron chi connectivity index (χ4n) is 2.23. The summed E-state index contributed by atoms with van der Waals surface area (Å²) in [6.07, 6.45) is 0.890. The minimum atomic E-state index is 0.714. The number of benzene rings is 3. The van der Waals surface area contributed by atoms with Crippen molar-refractivity contribution in [1.29, 1.82) is 0 Å². The molecule has 1 nitrogen and oxygen atoms in total. The van der Waals surface area contributed by atoms with Crippen molar-refractivity contribution in [2.45, 2.75) is 0 Å². The maximum Gasteiger partial charge on any atom is 0.150 e.